The quantitative estimate of drug-likeness (QED) is 0.120. The molecule has 2 rings (SSSR count). The smallest absolute Gasteiger partial charge is 0.416 e. The van der Waals surface area contributed by atoms with Gasteiger partial charge < -0.3 is 19.5 Å². The summed E-state index contributed by atoms with van der Waals surface area (Å²) in [5.74, 6) is -0.424. The van der Waals surface area contributed by atoms with Gasteiger partial charge in [-0.05, 0) is 45.2 Å². The molecule has 1 aromatic rings. The van der Waals surface area contributed by atoms with Gasteiger partial charge in [0.15, 0.2) is 0 Å². The number of carbonyl (C=O) groups excluding carboxylic acids is 3. The number of ether oxygens (including phenoxy) is 3. The molecule has 2 heterocycles. The molecule has 45 heavy (non-hydrogen) atoms. The van der Waals surface area contributed by atoms with Gasteiger partial charge in [0.2, 0.25) is 5.91 Å². The molecular weight excluding hydrogens is 570 g/mol. The van der Waals surface area contributed by atoms with Crippen LogP contribution in [0.4, 0.5) is 9.59 Å². The average Bonchev–Trinajstić information content (AvgIpc) is 3.34. The van der Waals surface area contributed by atoms with Crippen LogP contribution in [0.5, 0.6) is 0 Å². The number of imide groups is 1. The van der Waals surface area contributed by atoms with Crippen LogP contribution in [-0.4, -0.2) is 58.9 Å². The Bertz CT molecular complexity index is 977. The maximum atomic E-state index is 12.7. The van der Waals surface area contributed by atoms with E-state index in [0.717, 1.165) is 17.7 Å². The maximum Gasteiger partial charge on any atom is 0.416 e. The Labute approximate surface area is 272 Å². The largest absolute Gasteiger partial charge is 0.447 e. The number of rotatable bonds is 23. The Kier molecular flexibility index (Phi) is 18.8. The number of hydrogen-bond donors (Lipinski definition) is 1. The second-order valence-electron chi connectivity index (χ2n) is 13.3. The van der Waals surface area contributed by atoms with Gasteiger partial charge in [-0.25, -0.2) is 14.5 Å². The van der Waals surface area contributed by atoms with E-state index >= 15 is 0 Å². The van der Waals surface area contributed by atoms with Gasteiger partial charge >= 0.3 is 12.2 Å². The highest BCUT2D eigenvalue weighted by molar-refractivity contribution is 5.90. The molecule has 1 saturated heterocycles. The number of hydrogen-bond acceptors (Lipinski definition) is 7. The summed E-state index contributed by atoms with van der Waals surface area (Å²) in [7, 11) is 0. The first-order valence-electron chi connectivity index (χ1n) is 17.6. The summed E-state index contributed by atoms with van der Waals surface area (Å²) in [6.45, 7) is 8.08. The number of aromatic nitrogens is 1. The number of unbranched alkanes of at least 4 members (excludes halogenated alkanes) is 15. The molecule has 1 aromatic heterocycles. The van der Waals surface area contributed by atoms with Crippen LogP contribution in [0.1, 0.15) is 149 Å². The van der Waals surface area contributed by atoms with Crippen molar-refractivity contribution < 1.29 is 28.6 Å². The topological polar surface area (TPSA) is 107 Å². The van der Waals surface area contributed by atoms with Crippen LogP contribution in [0.15, 0.2) is 24.4 Å². The number of nitrogens with one attached hydrogen (secondary N) is 1. The Morgan fingerprint density at radius 1 is 0.800 bits per heavy atom. The molecular formula is C36H61N3O6. The lowest BCUT2D eigenvalue weighted by Gasteiger charge is -2.30. The monoisotopic (exact) mass is 631 g/mol. The van der Waals surface area contributed by atoms with Crippen molar-refractivity contribution in [2.45, 2.75) is 161 Å². The minimum atomic E-state index is -0.745. The van der Waals surface area contributed by atoms with Gasteiger partial charge in [0.05, 0.1) is 12.2 Å². The van der Waals surface area contributed by atoms with Crippen molar-refractivity contribution >= 4 is 18.1 Å². The maximum absolute atomic E-state index is 12.7. The molecule has 256 valence electrons. The van der Waals surface area contributed by atoms with Crippen molar-refractivity contribution in [3.63, 3.8) is 0 Å². The van der Waals surface area contributed by atoms with E-state index in [0.29, 0.717) is 25.1 Å². The van der Waals surface area contributed by atoms with Gasteiger partial charge in [0.25, 0.3) is 0 Å². The average molecular weight is 632 g/mol. The normalized spacial score (nSPS) is 19.3. The van der Waals surface area contributed by atoms with Crippen molar-refractivity contribution in [3.8, 4) is 0 Å². The van der Waals surface area contributed by atoms with Crippen molar-refractivity contribution in [3.05, 3.63) is 30.1 Å². The van der Waals surface area contributed by atoms with Crippen molar-refractivity contribution in [2.75, 3.05) is 19.8 Å². The van der Waals surface area contributed by atoms with Crippen LogP contribution in [0.3, 0.4) is 0 Å². The van der Waals surface area contributed by atoms with Crippen LogP contribution in [0, 0.1) is 0 Å². The summed E-state index contributed by atoms with van der Waals surface area (Å²) in [6, 6.07) is 5.31. The third-order valence-electron chi connectivity index (χ3n) is 8.63. The van der Waals surface area contributed by atoms with Crippen molar-refractivity contribution in [2.24, 2.45) is 0 Å². The Balaban J connectivity index is 1.49. The van der Waals surface area contributed by atoms with Gasteiger partial charge in [-0.3, -0.25) is 9.78 Å². The zero-order valence-corrected chi connectivity index (χ0v) is 28.7. The SMILES string of the molecule is CCCCCCCCCCCCCCCCCCNC(=O)OCC1(C)CCC(C)(COC(=O)N(Cc2ccccn2)C(C)=O)O1. The number of alkyl carbamates (subject to hydrolysis) is 1. The van der Waals surface area contributed by atoms with E-state index in [2.05, 4.69) is 17.2 Å². The number of carbonyl (C=O) groups is 3. The van der Waals surface area contributed by atoms with Crippen molar-refractivity contribution in [1.82, 2.24) is 15.2 Å². The Morgan fingerprint density at radius 2 is 1.31 bits per heavy atom. The number of nitrogens with zero attached hydrogens (tertiary/aromatic N) is 2. The molecule has 2 unspecified atom stereocenters. The molecule has 3 amide bonds. The molecule has 0 saturated carbocycles. The predicted octanol–water partition coefficient (Wildman–Crippen LogP) is 8.88. The zero-order chi connectivity index (χ0) is 32.8. The van der Waals surface area contributed by atoms with Gasteiger partial charge in [-0.2, -0.15) is 0 Å². The summed E-state index contributed by atoms with van der Waals surface area (Å²) in [5.41, 5.74) is -0.836. The fourth-order valence-corrected chi connectivity index (χ4v) is 5.81. The first kappa shape index (κ1) is 38.5. The van der Waals surface area contributed by atoms with Crippen LogP contribution >= 0.6 is 0 Å². The summed E-state index contributed by atoms with van der Waals surface area (Å²) >= 11 is 0. The Hall–Kier alpha value is -2.68. The van der Waals surface area contributed by atoms with Crippen LogP contribution in [-0.2, 0) is 25.5 Å². The van der Waals surface area contributed by atoms with Crippen molar-refractivity contribution in [1.29, 1.82) is 0 Å². The molecule has 1 aliphatic heterocycles. The van der Waals surface area contributed by atoms with Gasteiger partial charge in [-0.1, -0.05) is 109 Å². The minimum Gasteiger partial charge on any atom is -0.447 e. The number of amides is 3. The zero-order valence-electron chi connectivity index (χ0n) is 28.7. The summed E-state index contributed by atoms with van der Waals surface area (Å²) in [5, 5.41) is 2.85. The summed E-state index contributed by atoms with van der Waals surface area (Å²) < 4.78 is 17.2. The third kappa shape index (κ3) is 17.0. The predicted molar refractivity (Wildman–Crippen MR) is 178 cm³/mol. The highest BCUT2D eigenvalue weighted by atomic mass is 16.6. The first-order chi connectivity index (χ1) is 21.7. The lowest BCUT2D eigenvalue weighted by atomic mass is 9.99. The lowest BCUT2D eigenvalue weighted by molar-refractivity contribution is -0.134. The van der Waals surface area contributed by atoms with E-state index in [1.807, 2.05) is 13.8 Å². The Morgan fingerprint density at radius 3 is 1.80 bits per heavy atom. The molecule has 1 N–H and O–H groups in total. The second-order valence-corrected chi connectivity index (χ2v) is 13.3. The highest BCUT2D eigenvalue weighted by Gasteiger charge is 2.45. The van der Waals surface area contributed by atoms with E-state index < -0.39 is 29.3 Å². The van der Waals surface area contributed by atoms with Gasteiger partial charge in [-0.15, -0.1) is 0 Å². The molecule has 0 radical (unpaired) electrons. The standard InChI is InChI=1S/C36H61N3O6/c1-5-6-7-8-9-10-11-12-13-14-15-16-17-18-19-21-27-38-33(41)43-29-35(3)24-25-36(4,45-35)30-44-34(42)39(31(2)40)28-32-23-20-22-26-37-32/h20,22-23,26H,5-19,21,24-25,27-30H2,1-4H3,(H,38,41). The molecule has 1 aliphatic rings. The summed E-state index contributed by atoms with van der Waals surface area (Å²) in [4.78, 5) is 42.2. The molecule has 9 nitrogen and oxygen atoms in total. The van der Waals surface area contributed by atoms with Crippen LogP contribution < -0.4 is 5.32 Å². The second kappa shape index (κ2) is 22.0. The van der Waals surface area contributed by atoms with Gasteiger partial charge in [0.1, 0.15) is 24.4 Å². The van der Waals surface area contributed by atoms with E-state index in [4.69, 9.17) is 14.2 Å². The molecule has 1 fully saturated rings. The van der Waals surface area contributed by atoms with E-state index in [-0.39, 0.29) is 19.8 Å². The third-order valence-corrected chi connectivity index (χ3v) is 8.63. The molecule has 0 spiro atoms. The lowest BCUT2D eigenvalue weighted by Crippen LogP contribution is -2.42. The molecule has 0 aliphatic carbocycles. The fraction of sp³-hybridized carbons (Fsp3) is 0.778. The highest BCUT2D eigenvalue weighted by Crippen LogP contribution is 2.38. The van der Waals surface area contributed by atoms with Crippen LogP contribution in [0.25, 0.3) is 0 Å². The van der Waals surface area contributed by atoms with E-state index in [1.54, 1.807) is 24.4 Å². The first-order valence-corrected chi connectivity index (χ1v) is 17.6. The number of pyridine rings is 1. The van der Waals surface area contributed by atoms with E-state index in [1.165, 1.54) is 96.8 Å². The summed E-state index contributed by atoms with van der Waals surface area (Å²) in [6.07, 6.45) is 22.8. The minimum absolute atomic E-state index is 0.0150. The van der Waals surface area contributed by atoms with E-state index in [9.17, 15) is 14.4 Å². The molecule has 0 bridgehead atoms. The fourth-order valence-electron chi connectivity index (χ4n) is 5.81. The molecule has 2 atom stereocenters. The molecule has 0 aromatic carbocycles. The van der Waals surface area contributed by atoms with Crippen LogP contribution in [0.2, 0.25) is 0 Å². The molecule has 9 heteroatoms. The van der Waals surface area contributed by atoms with Gasteiger partial charge in [0, 0.05) is 19.7 Å².